The number of phosphoric acid groups is 1. The summed E-state index contributed by atoms with van der Waals surface area (Å²) in [6.45, 7) is 3.53. The molecule has 0 bridgehead atoms. The Bertz CT molecular complexity index is 1070. The Morgan fingerprint density at radius 3 is 1.67 bits per heavy atom. The number of rotatable bonds is 35. The Morgan fingerprint density at radius 2 is 1.08 bits per heavy atom. The summed E-state index contributed by atoms with van der Waals surface area (Å²) in [5.74, 6) is -0.945. The van der Waals surface area contributed by atoms with E-state index >= 15 is 0 Å². The van der Waals surface area contributed by atoms with Crippen LogP contribution in [-0.2, 0) is 32.7 Å². The van der Waals surface area contributed by atoms with E-state index in [-0.39, 0.29) is 32.6 Å². The lowest BCUT2D eigenvalue weighted by Gasteiger charge is -2.19. The highest BCUT2D eigenvalue weighted by Gasteiger charge is 2.25. The van der Waals surface area contributed by atoms with Crippen molar-refractivity contribution in [2.24, 2.45) is 5.73 Å². The quantitative estimate of drug-likeness (QED) is 0.0282. The van der Waals surface area contributed by atoms with Crippen molar-refractivity contribution in [3.8, 4) is 0 Å². The monoisotopic (exact) mass is 735 g/mol. The topological polar surface area (TPSA) is 134 Å². The number of phosphoric ester groups is 1. The van der Waals surface area contributed by atoms with Crippen molar-refractivity contribution in [3.05, 3.63) is 72.9 Å². The van der Waals surface area contributed by atoms with Crippen LogP contribution in [0, 0.1) is 0 Å². The van der Waals surface area contributed by atoms with Gasteiger partial charge in [-0.3, -0.25) is 18.6 Å². The van der Waals surface area contributed by atoms with Crippen LogP contribution >= 0.6 is 7.82 Å². The molecule has 3 N–H and O–H groups in total. The van der Waals surface area contributed by atoms with Crippen LogP contribution in [-0.4, -0.2) is 49.3 Å². The molecule has 0 saturated heterocycles. The van der Waals surface area contributed by atoms with Gasteiger partial charge in [0.1, 0.15) is 6.61 Å². The zero-order valence-electron chi connectivity index (χ0n) is 31.8. The molecule has 0 rings (SSSR count). The minimum Gasteiger partial charge on any atom is -0.462 e. The Hall–Kier alpha value is -2.55. The Morgan fingerprint density at radius 1 is 0.588 bits per heavy atom. The van der Waals surface area contributed by atoms with E-state index in [1.807, 2.05) is 12.2 Å². The first-order chi connectivity index (χ1) is 24.8. The molecule has 0 aliphatic carbocycles. The van der Waals surface area contributed by atoms with Gasteiger partial charge >= 0.3 is 19.8 Å². The van der Waals surface area contributed by atoms with Gasteiger partial charge in [-0.15, -0.1) is 0 Å². The number of ether oxygens (including phenoxy) is 2. The van der Waals surface area contributed by atoms with Crippen LogP contribution in [0.2, 0.25) is 0 Å². The normalized spacial score (nSPS) is 14.2. The number of nitrogens with two attached hydrogens (primary N) is 1. The van der Waals surface area contributed by atoms with Crippen molar-refractivity contribution in [2.45, 2.75) is 148 Å². The van der Waals surface area contributed by atoms with E-state index in [4.69, 9.17) is 24.3 Å². The number of carbonyl (C=O) groups is 2. The van der Waals surface area contributed by atoms with Crippen molar-refractivity contribution in [3.63, 3.8) is 0 Å². The Kier molecular flexibility index (Phi) is 35.4. The van der Waals surface area contributed by atoms with Gasteiger partial charge in [0.25, 0.3) is 0 Å². The maximum absolute atomic E-state index is 12.5. The summed E-state index contributed by atoms with van der Waals surface area (Å²) >= 11 is 0. The largest absolute Gasteiger partial charge is 0.472 e. The lowest BCUT2D eigenvalue weighted by molar-refractivity contribution is -0.161. The maximum atomic E-state index is 12.5. The van der Waals surface area contributed by atoms with Crippen molar-refractivity contribution in [2.75, 3.05) is 26.4 Å². The van der Waals surface area contributed by atoms with E-state index in [9.17, 15) is 19.0 Å². The average Bonchev–Trinajstić information content (AvgIpc) is 3.11. The highest BCUT2D eigenvalue weighted by Crippen LogP contribution is 2.43. The summed E-state index contributed by atoms with van der Waals surface area (Å²) in [5, 5.41) is 0. The molecule has 0 amide bonds. The minimum absolute atomic E-state index is 0.0393. The number of unbranched alkanes of at least 4 members (excludes halogenated alkanes) is 10. The van der Waals surface area contributed by atoms with Crippen molar-refractivity contribution >= 4 is 19.8 Å². The fraction of sp³-hybridized carbons (Fsp3) is 0.659. The van der Waals surface area contributed by atoms with E-state index in [2.05, 4.69) is 74.6 Å². The van der Waals surface area contributed by atoms with E-state index < -0.39 is 32.5 Å². The zero-order chi connectivity index (χ0) is 37.5. The van der Waals surface area contributed by atoms with Gasteiger partial charge < -0.3 is 20.1 Å². The number of esters is 2. The van der Waals surface area contributed by atoms with E-state index in [0.717, 1.165) is 64.2 Å². The second-order valence-electron chi connectivity index (χ2n) is 12.4. The predicted molar refractivity (Wildman–Crippen MR) is 210 cm³/mol. The van der Waals surface area contributed by atoms with Gasteiger partial charge in [0.15, 0.2) is 6.10 Å². The second-order valence-corrected chi connectivity index (χ2v) is 13.9. The lowest BCUT2D eigenvalue weighted by Crippen LogP contribution is -2.29. The Balaban J connectivity index is 4.35. The number of allylic oxidation sites excluding steroid dienone is 12. The second kappa shape index (κ2) is 37.2. The maximum Gasteiger partial charge on any atom is 0.472 e. The highest BCUT2D eigenvalue weighted by molar-refractivity contribution is 7.47. The molecule has 0 fully saturated rings. The van der Waals surface area contributed by atoms with Crippen molar-refractivity contribution in [1.29, 1.82) is 0 Å². The van der Waals surface area contributed by atoms with Crippen LogP contribution < -0.4 is 5.73 Å². The van der Waals surface area contributed by atoms with Gasteiger partial charge in [-0.1, -0.05) is 132 Å². The molecule has 0 saturated carbocycles. The summed E-state index contributed by atoms with van der Waals surface area (Å²) in [6.07, 6.45) is 43.8. The minimum atomic E-state index is -4.39. The molecule has 0 spiro atoms. The molecule has 0 aromatic carbocycles. The summed E-state index contributed by atoms with van der Waals surface area (Å²) < 4.78 is 32.5. The predicted octanol–water partition coefficient (Wildman–Crippen LogP) is 10.7. The van der Waals surface area contributed by atoms with Crippen molar-refractivity contribution in [1.82, 2.24) is 0 Å². The first-order valence-corrected chi connectivity index (χ1v) is 20.9. The summed E-state index contributed by atoms with van der Waals surface area (Å²) in [5.41, 5.74) is 5.32. The van der Waals surface area contributed by atoms with Gasteiger partial charge in [0.05, 0.1) is 13.2 Å². The molecule has 0 radical (unpaired) electrons. The zero-order valence-corrected chi connectivity index (χ0v) is 32.7. The summed E-state index contributed by atoms with van der Waals surface area (Å²) in [6, 6.07) is 0. The van der Waals surface area contributed by atoms with E-state index in [1.54, 1.807) is 0 Å². The molecule has 0 aromatic heterocycles. The molecule has 51 heavy (non-hydrogen) atoms. The van der Waals surface area contributed by atoms with Crippen molar-refractivity contribution < 1.29 is 37.6 Å². The van der Waals surface area contributed by atoms with Crippen LogP contribution in [0.25, 0.3) is 0 Å². The molecule has 0 heterocycles. The van der Waals surface area contributed by atoms with Gasteiger partial charge in [-0.25, -0.2) is 4.57 Å². The fourth-order valence-corrected chi connectivity index (χ4v) is 5.42. The molecule has 1 unspecified atom stereocenters. The summed E-state index contributed by atoms with van der Waals surface area (Å²) in [7, 11) is -4.39. The third-order valence-electron chi connectivity index (χ3n) is 7.58. The molecule has 2 atom stereocenters. The number of hydrogen-bond acceptors (Lipinski definition) is 8. The molecule has 292 valence electrons. The van der Waals surface area contributed by atoms with Crippen LogP contribution in [0.4, 0.5) is 0 Å². The number of carbonyl (C=O) groups excluding carboxylic acids is 2. The van der Waals surface area contributed by atoms with Crippen LogP contribution in [0.1, 0.15) is 142 Å². The first kappa shape index (κ1) is 48.5. The van der Waals surface area contributed by atoms with Gasteiger partial charge in [-0.2, -0.15) is 0 Å². The van der Waals surface area contributed by atoms with Crippen LogP contribution in [0.5, 0.6) is 0 Å². The Labute approximate surface area is 310 Å². The molecular formula is C41H70NO8P. The third kappa shape index (κ3) is 37.0. The van der Waals surface area contributed by atoms with E-state index in [0.29, 0.717) is 12.8 Å². The molecule has 0 aliphatic rings. The summed E-state index contributed by atoms with van der Waals surface area (Å²) in [4.78, 5) is 34.6. The van der Waals surface area contributed by atoms with Gasteiger partial charge in [-0.05, 0) is 70.6 Å². The van der Waals surface area contributed by atoms with Gasteiger partial charge in [0, 0.05) is 19.4 Å². The SMILES string of the molecule is CCCC/C=C/CCCCCCCC(=O)O[C@@H](COC(=O)CC/C=C/C/C=C/C/C=C/C/C=C/C/C=C/CCCCC)COP(=O)(O)OCCN. The number of hydrogen-bond donors (Lipinski definition) is 2. The van der Waals surface area contributed by atoms with E-state index in [1.165, 1.54) is 38.5 Å². The highest BCUT2D eigenvalue weighted by atomic mass is 31.2. The third-order valence-corrected chi connectivity index (χ3v) is 8.56. The molecule has 9 nitrogen and oxygen atoms in total. The molecule has 0 aromatic rings. The van der Waals surface area contributed by atoms with Crippen LogP contribution in [0.3, 0.4) is 0 Å². The average molecular weight is 736 g/mol. The molecule has 0 aliphatic heterocycles. The lowest BCUT2D eigenvalue weighted by atomic mass is 10.1. The smallest absolute Gasteiger partial charge is 0.462 e. The molecular weight excluding hydrogens is 665 g/mol. The first-order valence-electron chi connectivity index (χ1n) is 19.4. The fourth-order valence-electron chi connectivity index (χ4n) is 4.65. The van der Waals surface area contributed by atoms with Crippen LogP contribution in [0.15, 0.2) is 72.9 Å². The molecule has 10 heteroatoms. The van der Waals surface area contributed by atoms with Gasteiger partial charge in [0.2, 0.25) is 0 Å². The standard InChI is InChI=1S/C41H70NO8P/c1-3-5-7-9-11-13-15-16-17-18-19-20-21-22-24-25-27-29-31-33-40(43)47-37-39(38-49-51(45,46)48-36-35-42)50-41(44)34-32-30-28-26-23-14-12-10-8-6-4-2/h10-13,16-17,19-20,22,24,27,29,39H,3-9,14-15,18,21,23,25-26,28,30-38,42H2,1-2H3,(H,45,46)/b12-10+,13-11+,17-16+,20-19+,24-22+,29-27+/t39-/m0/s1.